The van der Waals surface area contributed by atoms with Crippen LogP contribution in [0.25, 0.3) is 0 Å². The first-order valence-electron chi connectivity index (χ1n) is 11.1. The van der Waals surface area contributed by atoms with Gasteiger partial charge in [-0.3, -0.25) is 9.59 Å². The number of nitrogens with zero attached hydrogens (tertiary/aromatic N) is 3. The molecule has 5 rings (SSSR count). The Kier molecular flexibility index (Phi) is 6.09. The summed E-state index contributed by atoms with van der Waals surface area (Å²) in [6.07, 6.45) is 2.25. The van der Waals surface area contributed by atoms with E-state index >= 15 is 0 Å². The molecule has 0 saturated carbocycles. The Morgan fingerprint density at radius 3 is 2.50 bits per heavy atom. The van der Waals surface area contributed by atoms with Gasteiger partial charge in [0, 0.05) is 43.1 Å². The van der Waals surface area contributed by atoms with E-state index in [4.69, 9.17) is 9.47 Å². The van der Waals surface area contributed by atoms with Crippen molar-refractivity contribution >= 4 is 27.3 Å². The van der Waals surface area contributed by atoms with Crippen LogP contribution in [0, 0.1) is 5.82 Å². The third kappa shape index (κ3) is 5.01. The fraction of sp³-hybridized carbons (Fsp3) is 0.240. The summed E-state index contributed by atoms with van der Waals surface area (Å²) in [5, 5.41) is 0. The van der Waals surface area contributed by atoms with Gasteiger partial charge in [0.25, 0.3) is 11.8 Å². The molecule has 1 atom stereocenters. The number of fused-ring (bicyclic) bond motifs is 1. The summed E-state index contributed by atoms with van der Waals surface area (Å²) in [7, 11) is -3.35. The number of ether oxygens (including phenoxy) is 2. The number of carbonyl (C=O) groups is 2. The van der Waals surface area contributed by atoms with Crippen molar-refractivity contribution in [3.8, 4) is 17.4 Å². The molecule has 2 aliphatic heterocycles. The quantitative estimate of drug-likeness (QED) is 0.480. The highest BCUT2D eigenvalue weighted by Crippen LogP contribution is 2.31. The number of aromatic nitrogens is 1. The average Bonchev–Trinajstić information content (AvgIpc) is 3.34. The molecule has 0 radical (unpaired) electrons. The normalized spacial score (nSPS) is 17.4. The van der Waals surface area contributed by atoms with Gasteiger partial charge in [0.15, 0.2) is 15.9 Å². The maximum absolute atomic E-state index is 13.0. The minimum absolute atomic E-state index is 0.217. The van der Waals surface area contributed by atoms with Gasteiger partial charge in [-0.2, -0.15) is 0 Å². The summed E-state index contributed by atoms with van der Waals surface area (Å²) in [6.45, 7) is 0.623. The molecule has 3 heterocycles. The number of amides is 2. The van der Waals surface area contributed by atoms with Gasteiger partial charge in [-0.15, -0.1) is 0 Å². The van der Waals surface area contributed by atoms with E-state index in [1.165, 1.54) is 35.4 Å². The second-order valence-electron chi connectivity index (χ2n) is 8.67. The zero-order chi connectivity index (χ0) is 25.4. The van der Waals surface area contributed by atoms with E-state index in [2.05, 4.69) is 4.98 Å². The average molecular weight is 512 g/mol. The van der Waals surface area contributed by atoms with Gasteiger partial charge >= 0.3 is 0 Å². The molecule has 0 bridgehead atoms. The van der Waals surface area contributed by atoms with Crippen molar-refractivity contribution in [2.75, 3.05) is 23.6 Å². The summed E-state index contributed by atoms with van der Waals surface area (Å²) in [5.41, 5.74) is 1.68. The minimum atomic E-state index is -3.35. The predicted molar refractivity (Wildman–Crippen MR) is 128 cm³/mol. The van der Waals surface area contributed by atoms with Crippen LogP contribution in [-0.4, -0.2) is 54.9 Å². The first-order valence-corrected chi connectivity index (χ1v) is 13.2. The summed E-state index contributed by atoms with van der Waals surface area (Å²) in [4.78, 5) is 32.7. The van der Waals surface area contributed by atoms with Crippen molar-refractivity contribution in [1.29, 1.82) is 0 Å². The van der Waals surface area contributed by atoms with E-state index in [-0.39, 0.29) is 30.1 Å². The van der Waals surface area contributed by atoms with E-state index in [9.17, 15) is 22.4 Å². The Bertz CT molecular complexity index is 1430. The molecule has 9 nitrogen and oxygen atoms in total. The Labute approximate surface area is 207 Å². The number of pyridine rings is 1. The standard InChI is InChI=1S/C25H22FN3O6S/c1-36(32,33)15-28-14-16-2-5-18(12-21(16)24(28)30)29-11-10-22(25(29)31)34-20-8-9-23(27-13-20)35-19-6-3-17(26)4-7-19/h2-9,12-13,22H,10-11,14-15H2,1H3/t22-/m1/s1. The number of carbonyl (C=O) groups excluding carboxylic acids is 2. The lowest BCUT2D eigenvalue weighted by atomic mass is 10.1. The van der Waals surface area contributed by atoms with E-state index < -0.39 is 15.9 Å². The van der Waals surface area contributed by atoms with Crippen LogP contribution in [0.4, 0.5) is 10.1 Å². The zero-order valence-corrected chi connectivity index (χ0v) is 20.1. The van der Waals surface area contributed by atoms with Gasteiger partial charge in [-0.25, -0.2) is 17.8 Å². The van der Waals surface area contributed by atoms with Gasteiger partial charge in [0.2, 0.25) is 5.88 Å². The topological polar surface area (TPSA) is 106 Å². The van der Waals surface area contributed by atoms with Crippen molar-refractivity contribution in [1.82, 2.24) is 9.88 Å². The molecule has 2 aliphatic rings. The molecular weight excluding hydrogens is 489 g/mol. The van der Waals surface area contributed by atoms with E-state index in [0.29, 0.717) is 41.6 Å². The van der Waals surface area contributed by atoms with E-state index in [1.54, 1.807) is 35.2 Å². The smallest absolute Gasteiger partial charge is 0.268 e. The molecule has 1 saturated heterocycles. The molecule has 0 spiro atoms. The summed E-state index contributed by atoms with van der Waals surface area (Å²) < 4.78 is 47.7. The number of hydrogen-bond donors (Lipinski definition) is 0. The Morgan fingerprint density at radius 1 is 1.06 bits per heavy atom. The molecule has 0 unspecified atom stereocenters. The molecule has 186 valence electrons. The molecule has 11 heteroatoms. The third-order valence-electron chi connectivity index (χ3n) is 5.85. The van der Waals surface area contributed by atoms with Crippen molar-refractivity contribution in [2.24, 2.45) is 0 Å². The first kappa shape index (κ1) is 23.7. The lowest BCUT2D eigenvalue weighted by Crippen LogP contribution is -2.32. The number of rotatable bonds is 7. The summed E-state index contributed by atoms with van der Waals surface area (Å²) in [5.74, 6) is -0.217. The molecule has 0 N–H and O–H groups in total. The highest BCUT2D eigenvalue weighted by molar-refractivity contribution is 7.90. The molecule has 36 heavy (non-hydrogen) atoms. The number of hydrogen-bond acceptors (Lipinski definition) is 7. The fourth-order valence-corrected chi connectivity index (χ4v) is 4.98. The molecular formula is C25H22FN3O6S. The van der Waals surface area contributed by atoms with Crippen molar-refractivity contribution in [2.45, 2.75) is 19.1 Å². The largest absolute Gasteiger partial charge is 0.479 e. The van der Waals surface area contributed by atoms with Gasteiger partial charge in [0.1, 0.15) is 23.2 Å². The van der Waals surface area contributed by atoms with Gasteiger partial charge in [0.05, 0.1) is 6.20 Å². The Balaban J connectivity index is 1.23. The Hall–Kier alpha value is -3.99. The fourth-order valence-electron chi connectivity index (χ4n) is 4.21. The van der Waals surface area contributed by atoms with Crippen LogP contribution in [0.5, 0.6) is 17.4 Å². The SMILES string of the molecule is CS(=O)(=O)CN1Cc2ccc(N3CC[C@@H](Oc4ccc(Oc5ccc(F)cc5)nc4)C3=O)cc2C1=O. The predicted octanol–water partition coefficient (Wildman–Crippen LogP) is 3.16. The minimum Gasteiger partial charge on any atom is -0.479 e. The lowest BCUT2D eigenvalue weighted by molar-refractivity contribution is -0.122. The second-order valence-corrected chi connectivity index (χ2v) is 10.8. The molecule has 2 amide bonds. The van der Waals surface area contributed by atoms with Crippen LogP contribution >= 0.6 is 0 Å². The van der Waals surface area contributed by atoms with E-state index in [0.717, 1.165) is 11.8 Å². The van der Waals surface area contributed by atoms with E-state index in [1.807, 2.05) is 0 Å². The molecule has 3 aromatic rings. The maximum atomic E-state index is 13.0. The number of sulfone groups is 1. The Morgan fingerprint density at radius 2 is 1.81 bits per heavy atom. The second kappa shape index (κ2) is 9.23. The summed E-state index contributed by atoms with van der Waals surface area (Å²) in [6, 6.07) is 13.9. The van der Waals surface area contributed by atoms with Crippen LogP contribution in [0.1, 0.15) is 22.3 Å². The lowest BCUT2D eigenvalue weighted by Gasteiger charge is -2.18. The van der Waals surface area contributed by atoms with Gasteiger partial charge < -0.3 is 19.3 Å². The van der Waals surface area contributed by atoms with Crippen LogP contribution in [0.3, 0.4) is 0 Å². The third-order valence-corrected chi connectivity index (χ3v) is 6.63. The highest BCUT2D eigenvalue weighted by atomic mass is 32.2. The van der Waals surface area contributed by atoms with Gasteiger partial charge in [-0.1, -0.05) is 6.07 Å². The first-order chi connectivity index (χ1) is 17.2. The van der Waals surface area contributed by atoms with Crippen molar-refractivity contribution in [3.05, 3.63) is 77.7 Å². The molecule has 0 aliphatic carbocycles. The molecule has 1 fully saturated rings. The van der Waals surface area contributed by atoms with Crippen LogP contribution in [-0.2, 0) is 21.2 Å². The maximum Gasteiger partial charge on any atom is 0.268 e. The zero-order valence-electron chi connectivity index (χ0n) is 19.3. The van der Waals surface area contributed by atoms with Crippen molar-refractivity contribution in [3.63, 3.8) is 0 Å². The molecule has 1 aromatic heterocycles. The number of benzene rings is 2. The van der Waals surface area contributed by atoms with Crippen molar-refractivity contribution < 1.29 is 31.9 Å². The highest BCUT2D eigenvalue weighted by Gasteiger charge is 2.36. The van der Waals surface area contributed by atoms with Gasteiger partial charge in [-0.05, 0) is 48.0 Å². The van der Waals surface area contributed by atoms with Crippen LogP contribution < -0.4 is 14.4 Å². The molecule has 2 aromatic carbocycles. The van der Waals surface area contributed by atoms with Crippen LogP contribution in [0.2, 0.25) is 0 Å². The summed E-state index contributed by atoms with van der Waals surface area (Å²) >= 11 is 0. The monoisotopic (exact) mass is 511 g/mol. The number of anilines is 1. The van der Waals surface area contributed by atoms with Crippen LogP contribution in [0.15, 0.2) is 60.8 Å². The number of halogens is 1.